The second kappa shape index (κ2) is 36.1. The molecule has 9 aromatic carbocycles. The van der Waals surface area contributed by atoms with Crippen molar-refractivity contribution in [2.75, 3.05) is 121 Å². The first-order valence-corrected chi connectivity index (χ1v) is 56.5. The first kappa shape index (κ1) is 87.7. The Hall–Kier alpha value is -11.9. The zero-order valence-electron chi connectivity index (χ0n) is 75.9. The van der Waals surface area contributed by atoms with E-state index in [1.807, 2.05) is 6.07 Å². The van der Waals surface area contributed by atoms with Crippen molar-refractivity contribution in [3.05, 3.63) is 260 Å². The summed E-state index contributed by atoms with van der Waals surface area (Å²) in [5, 5.41) is 39.7. The molecular formula is C108H118N8O14Si3. The Balaban J connectivity index is 0.000000115. The van der Waals surface area contributed by atoms with Crippen LogP contribution in [0.1, 0.15) is 242 Å². The lowest BCUT2D eigenvalue weighted by Gasteiger charge is -2.48. The van der Waals surface area contributed by atoms with Crippen molar-refractivity contribution >= 4 is 137 Å². The van der Waals surface area contributed by atoms with E-state index >= 15 is 0 Å². The van der Waals surface area contributed by atoms with Crippen molar-refractivity contribution in [3.63, 3.8) is 0 Å². The Kier molecular flexibility index (Phi) is 23.8. The smallest absolute Gasteiger partial charge is 0.341 e. The van der Waals surface area contributed by atoms with E-state index in [9.17, 15) is 48.6 Å². The number of carbonyl (C=O) groups excluding carboxylic acids is 6. The second-order valence-electron chi connectivity index (χ2n) is 39.4. The summed E-state index contributed by atoms with van der Waals surface area (Å²) in [6.07, 6.45) is 27.8. The summed E-state index contributed by atoms with van der Waals surface area (Å²) >= 11 is 0. The number of rotatable bonds is 14. The lowest BCUT2D eigenvalue weighted by molar-refractivity contribution is -0.136. The number of fused-ring (bicyclic) bond motifs is 17. The number of nitrogens with zero attached hydrogens (tertiary/aromatic N) is 7. The number of nitrogens with one attached hydrogen (secondary N) is 1. The van der Waals surface area contributed by atoms with Crippen LogP contribution in [0.3, 0.4) is 0 Å². The summed E-state index contributed by atoms with van der Waals surface area (Å²) in [5.74, 6) is -4.59. The van der Waals surface area contributed by atoms with Gasteiger partial charge in [-0.05, 0) is 261 Å². The topological polar surface area (TPSA) is 260 Å². The molecule has 4 N–H and O–H groups in total. The molecule has 15 aliphatic heterocycles. The second-order valence-corrected chi connectivity index (χ2v) is 52.2. The largest absolute Gasteiger partial charge is 0.478 e. The number of ether oxygens (including phenoxy) is 3. The zero-order valence-corrected chi connectivity index (χ0v) is 78.9. The summed E-state index contributed by atoms with van der Waals surface area (Å²) in [6, 6.07) is 68.7. The molecule has 0 saturated carbocycles. The average Bonchev–Trinajstić information content (AvgIpc) is 1.18. The van der Waals surface area contributed by atoms with Gasteiger partial charge in [0.1, 0.15) is 24.2 Å². The van der Waals surface area contributed by atoms with Gasteiger partial charge >= 0.3 is 29.8 Å². The van der Waals surface area contributed by atoms with E-state index in [2.05, 4.69) is 161 Å². The van der Waals surface area contributed by atoms with E-state index in [1.165, 1.54) is 289 Å². The molecule has 24 rings (SSSR count). The molecule has 25 heteroatoms. The molecule has 22 nitrogen and oxygen atoms in total. The minimum Gasteiger partial charge on any atom is -0.478 e. The Morgan fingerprint density at radius 1 is 0.338 bits per heavy atom. The molecule has 0 bridgehead atoms. The SMILES string of the molecule is O=C(NCCN1C(=O)C=CC1=O)c1ccc2c(c1)C1(OC2=O)c2ccc(N3CCCC3)cc2[Si]2(CCCCC2)c2cc(N3CCCC3)ccc21.O=C(O)c1ccc2c(c1)C(O)OC2=O.O=C(O)c1ccc2c(c1)C1(OC2=O)c2ccc(N3CCCC3)cc2[Si]2(CCCCC2)c2cc(N3CCCC3)ccc21.c1cc(N2CCCC2)cc([Si]2(c3cccc(N4CCCC4)c3)CCCCC2)c1. The number of esters is 3. The van der Waals surface area contributed by atoms with Crippen molar-refractivity contribution < 1.29 is 67.9 Å². The van der Waals surface area contributed by atoms with Gasteiger partial charge in [-0.2, -0.15) is 0 Å². The molecule has 1 atom stereocenters. The van der Waals surface area contributed by atoms with Crippen LogP contribution in [0.4, 0.5) is 34.1 Å². The predicted molar refractivity (Wildman–Crippen MR) is 525 cm³/mol. The minimum atomic E-state index is -2.28. The summed E-state index contributed by atoms with van der Waals surface area (Å²) in [7, 11) is -6.14. The number of aliphatic hydroxyl groups is 1. The van der Waals surface area contributed by atoms with Gasteiger partial charge in [-0.25, -0.2) is 24.0 Å². The van der Waals surface area contributed by atoms with Crippen LogP contribution in [0.25, 0.3) is 0 Å². The Bertz CT molecular complexity index is 5940. The van der Waals surface area contributed by atoms with Gasteiger partial charge in [0, 0.05) is 182 Å². The number of carboxylic acid groups (broad SMARTS) is 2. The van der Waals surface area contributed by atoms with Gasteiger partial charge < -0.3 is 64.2 Å². The van der Waals surface area contributed by atoms with Gasteiger partial charge in [0.15, 0.2) is 11.2 Å². The minimum absolute atomic E-state index is 0.0149. The molecule has 686 valence electrons. The lowest BCUT2D eigenvalue weighted by Crippen LogP contribution is -2.67. The van der Waals surface area contributed by atoms with E-state index in [1.54, 1.807) is 34.6 Å². The molecule has 0 aliphatic carbocycles. The Morgan fingerprint density at radius 2 is 0.662 bits per heavy atom. The predicted octanol–water partition coefficient (Wildman–Crippen LogP) is 14.4. The maximum Gasteiger partial charge on any atom is 0.341 e. The molecule has 9 aromatic rings. The van der Waals surface area contributed by atoms with E-state index in [-0.39, 0.29) is 65.0 Å². The van der Waals surface area contributed by atoms with Crippen molar-refractivity contribution in [3.8, 4) is 0 Å². The highest BCUT2D eigenvalue weighted by molar-refractivity contribution is 7.04. The van der Waals surface area contributed by atoms with Gasteiger partial charge in [-0.1, -0.05) is 117 Å². The first-order valence-electron chi connectivity index (χ1n) is 49.2. The molecular weight excluding hydrogens is 1720 g/mol. The van der Waals surface area contributed by atoms with Crippen LogP contribution in [0.5, 0.6) is 0 Å². The summed E-state index contributed by atoms with van der Waals surface area (Å²) in [4.78, 5) is 115. The molecule has 9 saturated heterocycles. The van der Waals surface area contributed by atoms with Gasteiger partial charge in [0.2, 0.25) is 6.29 Å². The Morgan fingerprint density at radius 3 is 1.02 bits per heavy atom. The van der Waals surface area contributed by atoms with Gasteiger partial charge in [-0.15, -0.1) is 0 Å². The van der Waals surface area contributed by atoms with Crippen LogP contribution in [0, 0.1) is 0 Å². The standard InChI is InChI=1S/C40H42N4O5Si.C34H36N2O4Si.C25H34N2Si.C9H6O5/c45-36-14-15-37(46)44(36)21-16-41-38(47)27-8-11-30-33(24-27)40(49-39(30)48)31-12-9-28(42-17-2-3-18-42)25-34(31)50(22-6-1-7-23-50)35-26-29(10-13-32(35)40)43-19-4-5-20-43;37-32(38)23-8-11-26-29(20-23)34(40-33(26)39)27-12-9-24(35-14-2-3-15-35)21-30(27)41(18-6-1-7-19-41)31-22-25(10-13-28(31)34)36-16-4-5-17-36;1-6-18-28(19-7-1,24-12-8-10-22(20-24)26-14-2-3-15-26)25-13-9-11-23(21-25)27-16-4-5-17-27;10-7(11)4-1-2-5-6(3-4)9(13)14-8(5)12/h8-15,24-26H,1-7,16-23H2,(H,41,47);8-13,20-22H,1-7,14-19H2,(H,37,38);8-13,20-21H,1-7,14-19H2;1-3,9,13H,(H,10,11). The van der Waals surface area contributed by atoms with Crippen LogP contribution < -0.4 is 65.8 Å². The van der Waals surface area contributed by atoms with Crippen molar-refractivity contribution in [2.45, 2.75) is 189 Å². The van der Waals surface area contributed by atoms with Crippen LogP contribution >= 0.6 is 0 Å². The van der Waals surface area contributed by atoms with Gasteiger partial charge in [0.25, 0.3) is 17.7 Å². The van der Waals surface area contributed by atoms with Crippen molar-refractivity contribution in [1.29, 1.82) is 0 Å². The number of aromatic carboxylic acids is 2. The molecule has 15 heterocycles. The fourth-order valence-corrected chi connectivity index (χ4v) is 42.0. The quantitative estimate of drug-likeness (QED) is 0.0341. The molecule has 133 heavy (non-hydrogen) atoms. The number of imide groups is 1. The van der Waals surface area contributed by atoms with Crippen LogP contribution in [-0.4, -0.2) is 184 Å². The summed E-state index contributed by atoms with van der Waals surface area (Å²) in [5.41, 5.74) is 13.3. The van der Waals surface area contributed by atoms with E-state index in [0.29, 0.717) is 27.8 Å². The normalized spacial score (nSPS) is 21.3. The average molecular weight is 1840 g/mol. The number of cyclic esters (lactones) is 1. The monoisotopic (exact) mass is 1830 g/mol. The third kappa shape index (κ3) is 15.6. The third-order valence-electron chi connectivity index (χ3n) is 32.1. The highest BCUT2D eigenvalue weighted by Crippen LogP contribution is 2.55. The number of hydrogen-bond donors (Lipinski definition) is 4. The maximum absolute atomic E-state index is 13.9. The number of anilines is 6. The van der Waals surface area contributed by atoms with Crippen molar-refractivity contribution in [2.24, 2.45) is 0 Å². The molecule has 1 unspecified atom stereocenters. The van der Waals surface area contributed by atoms with Crippen molar-refractivity contribution in [1.82, 2.24) is 10.2 Å². The molecule has 0 radical (unpaired) electrons. The maximum atomic E-state index is 13.9. The van der Waals surface area contributed by atoms with Gasteiger partial charge in [-0.3, -0.25) is 19.3 Å². The molecule has 3 amide bonds. The Labute approximate surface area is 780 Å². The molecule has 0 aromatic heterocycles. The zero-order chi connectivity index (χ0) is 90.9. The third-order valence-corrected chi connectivity index (χ3v) is 48.0. The number of carbonyl (C=O) groups is 8. The van der Waals surface area contributed by atoms with E-state index in [4.69, 9.17) is 14.6 Å². The fraction of sp³-hybridized carbons (Fsp3) is 0.407. The number of aliphatic hydroxyl groups excluding tert-OH is 1. The number of hydrogen-bond acceptors (Lipinski definition) is 18. The van der Waals surface area contributed by atoms with Crippen LogP contribution in [0.15, 0.2) is 188 Å². The molecule has 4 spiro atoms. The molecule has 9 fully saturated rings. The summed E-state index contributed by atoms with van der Waals surface area (Å²) < 4.78 is 17.8. The van der Waals surface area contributed by atoms with E-state index in [0.717, 1.165) is 79.5 Å². The summed E-state index contributed by atoms with van der Waals surface area (Å²) in [6.45, 7) is 13.7. The number of carboxylic acids is 2. The lowest BCUT2D eigenvalue weighted by atomic mass is 9.78. The van der Waals surface area contributed by atoms with E-state index < -0.39 is 59.6 Å². The highest BCUT2D eigenvalue weighted by Gasteiger charge is 2.61. The highest BCUT2D eigenvalue weighted by atomic mass is 28.3. The number of amides is 3. The first-order chi connectivity index (χ1) is 64.8. The fourth-order valence-electron chi connectivity index (χ4n) is 25.4. The number of benzene rings is 9. The van der Waals surface area contributed by atoms with Crippen LogP contribution in [0.2, 0.25) is 36.3 Å². The molecule has 15 aliphatic rings. The van der Waals surface area contributed by atoms with Crippen LogP contribution in [-0.2, 0) is 35.0 Å². The van der Waals surface area contributed by atoms with Gasteiger partial charge in [0.05, 0.1) is 27.8 Å².